The van der Waals surface area contributed by atoms with Gasteiger partial charge in [0.1, 0.15) is 24.4 Å². The molecular formula is C24H23ClO6. The van der Waals surface area contributed by atoms with Crippen molar-refractivity contribution in [3.63, 3.8) is 0 Å². The van der Waals surface area contributed by atoms with Crippen molar-refractivity contribution in [2.24, 2.45) is 0 Å². The third-order valence-corrected chi connectivity index (χ3v) is 6.60. The second-order valence-electron chi connectivity index (χ2n) is 8.18. The monoisotopic (exact) mass is 442 g/mol. The first-order valence-electron chi connectivity index (χ1n) is 10.2. The molecule has 162 valence electrons. The molecule has 0 aliphatic carbocycles. The van der Waals surface area contributed by atoms with E-state index in [9.17, 15) is 20.4 Å². The van der Waals surface area contributed by atoms with Crippen molar-refractivity contribution in [1.82, 2.24) is 0 Å². The Balaban J connectivity index is 1.54. The minimum Gasteiger partial charge on any atom is -0.394 e. The van der Waals surface area contributed by atoms with Gasteiger partial charge in [0, 0.05) is 10.6 Å². The fourth-order valence-electron chi connectivity index (χ4n) is 4.55. The molecule has 2 aliphatic rings. The van der Waals surface area contributed by atoms with Gasteiger partial charge in [0.15, 0.2) is 0 Å². The first-order chi connectivity index (χ1) is 14.9. The van der Waals surface area contributed by atoms with Crippen molar-refractivity contribution < 1.29 is 29.9 Å². The third-order valence-electron chi connectivity index (χ3n) is 6.25. The van der Waals surface area contributed by atoms with Gasteiger partial charge >= 0.3 is 0 Å². The molecule has 1 unspecified atom stereocenters. The summed E-state index contributed by atoms with van der Waals surface area (Å²) in [7, 11) is 0. The molecule has 6 nitrogen and oxygen atoms in total. The minimum absolute atomic E-state index is 0.128. The molecule has 1 spiro atoms. The quantitative estimate of drug-likeness (QED) is 0.496. The topological polar surface area (TPSA) is 99.4 Å². The smallest absolute Gasteiger partial charge is 0.225 e. The molecule has 3 aromatic rings. The van der Waals surface area contributed by atoms with Crippen LogP contribution in [0.4, 0.5) is 0 Å². The van der Waals surface area contributed by atoms with Crippen LogP contribution in [0.5, 0.6) is 0 Å². The molecular weight excluding hydrogens is 420 g/mol. The molecule has 0 aromatic heterocycles. The maximum atomic E-state index is 10.8. The lowest BCUT2D eigenvalue weighted by Crippen LogP contribution is -2.63. The Morgan fingerprint density at radius 3 is 2.52 bits per heavy atom. The number of benzene rings is 3. The van der Waals surface area contributed by atoms with E-state index in [1.807, 2.05) is 24.3 Å². The van der Waals surface area contributed by atoms with Crippen LogP contribution in [0.1, 0.15) is 22.3 Å². The Morgan fingerprint density at radius 2 is 1.74 bits per heavy atom. The molecule has 0 radical (unpaired) electrons. The summed E-state index contributed by atoms with van der Waals surface area (Å²) in [5.41, 5.74) is 3.16. The lowest BCUT2D eigenvalue weighted by molar-refractivity contribution is -0.368. The molecule has 5 rings (SSSR count). The normalized spacial score (nSPS) is 30.1. The van der Waals surface area contributed by atoms with Crippen LogP contribution in [0.15, 0.2) is 54.6 Å². The predicted octanol–water partition coefficient (Wildman–Crippen LogP) is 2.24. The number of fused-ring (bicyclic) bond motifs is 3. The summed E-state index contributed by atoms with van der Waals surface area (Å²) < 4.78 is 11.7. The second-order valence-corrected chi connectivity index (χ2v) is 8.59. The van der Waals surface area contributed by atoms with Gasteiger partial charge in [-0.25, -0.2) is 0 Å². The molecule has 31 heavy (non-hydrogen) atoms. The lowest BCUT2D eigenvalue weighted by Gasteiger charge is -2.46. The Hall–Kier alpha value is -2.03. The third kappa shape index (κ3) is 3.36. The molecule has 3 aromatic carbocycles. The summed E-state index contributed by atoms with van der Waals surface area (Å²) in [5.74, 6) is -1.68. The zero-order chi connectivity index (χ0) is 21.8. The van der Waals surface area contributed by atoms with Crippen LogP contribution in [-0.2, 0) is 28.3 Å². The molecule has 2 aliphatic heterocycles. The van der Waals surface area contributed by atoms with Crippen molar-refractivity contribution >= 4 is 22.4 Å². The van der Waals surface area contributed by atoms with Gasteiger partial charge < -0.3 is 29.9 Å². The lowest BCUT2D eigenvalue weighted by atomic mass is 9.86. The highest BCUT2D eigenvalue weighted by atomic mass is 35.5. The molecule has 5 atom stereocenters. The van der Waals surface area contributed by atoms with Crippen LogP contribution in [0.3, 0.4) is 0 Å². The number of rotatable bonds is 3. The molecule has 2 heterocycles. The molecule has 7 heteroatoms. The van der Waals surface area contributed by atoms with Crippen LogP contribution in [-0.4, -0.2) is 51.4 Å². The maximum Gasteiger partial charge on any atom is 0.225 e. The predicted molar refractivity (Wildman–Crippen MR) is 115 cm³/mol. The van der Waals surface area contributed by atoms with Gasteiger partial charge in [0.25, 0.3) is 0 Å². The van der Waals surface area contributed by atoms with E-state index < -0.39 is 36.8 Å². The van der Waals surface area contributed by atoms with Crippen molar-refractivity contribution in [1.29, 1.82) is 0 Å². The van der Waals surface area contributed by atoms with Crippen LogP contribution in [0, 0.1) is 0 Å². The van der Waals surface area contributed by atoms with Crippen molar-refractivity contribution in [2.45, 2.75) is 43.2 Å². The number of aliphatic hydroxyl groups is 4. The van der Waals surface area contributed by atoms with E-state index in [4.69, 9.17) is 21.1 Å². The van der Waals surface area contributed by atoms with E-state index >= 15 is 0 Å². The molecule has 4 N–H and O–H groups in total. The van der Waals surface area contributed by atoms with Crippen LogP contribution in [0.2, 0.25) is 5.02 Å². The summed E-state index contributed by atoms with van der Waals surface area (Å²) in [6.07, 6.45) is -5.03. The highest BCUT2D eigenvalue weighted by Gasteiger charge is 2.58. The average molecular weight is 443 g/mol. The van der Waals surface area contributed by atoms with Crippen LogP contribution >= 0.6 is 11.6 Å². The first kappa shape index (κ1) is 20.8. The van der Waals surface area contributed by atoms with Crippen LogP contribution < -0.4 is 0 Å². The van der Waals surface area contributed by atoms with Gasteiger partial charge in [-0.15, -0.1) is 0 Å². The number of hydrogen-bond donors (Lipinski definition) is 4. The highest BCUT2D eigenvalue weighted by Crippen LogP contribution is 2.47. The average Bonchev–Trinajstić information content (AvgIpc) is 3.13. The van der Waals surface area contributed by atoms with Crippen LogP contribution in [0.25, 0.3) is 10.8 Å². The number of aliphatic hydroxyl groups excluding tert-OH is 4. The van der Waals surface area contributed by atoms with Gasteiger partial charge in [-0.3, -0.25) is 0 Å². The van der Waals surface area contributed by atoms with E-state index in [0.717, 1.165) is 27.5 Å². The summed E-state index contributed by atoms with van der Waals surface area (Å²) >= 11 is 6.56. The van der Waals surface area contributed by atoms with Crippen molar-refractivity contribution in [2.75, 3.05) is 6.61 Å². The fraction of sp³-hybridized carbons (Fsp3) is 0.333. The fourth-order valence-corrected chi connectivity index (χ4v) is 4.81. The van der Waals surface area contributed by atoms with Crippen molar-refractivity contribution in [3.8, 4) is 0 Å². The van der Waals surface area contributed by atoms with Gasteiger partial charge in [-0.1, -0.05) is 54.1 Å². The maximum absolute atomic E-state index is 10.8. The number of ether oxygens (including phenoxy) is 2. The summed E-state index contributed by atoms with van der Waals surface area (Å²) in [6, 6.07) is 17.9. The van der Waals surface area contributed by atoms with E-state index in [0.29, 0.717) is 17.0 Å². The summed E-state index contributed by atoms with van der Waals surface area (Å²) in [4.78, 5) is 0. The standard InChI is InChI=1S/C24H23ClO6/c25-19-10-17-12-30-24(23(29)22(28)21(27)20(11-26)31-24)18(17)9-16(19)8-13-5-6-14-3-1-2-4-15(14)7-13/h1-7,9-10,20-23,26-29H,8,11-12H2/t20-,21-,22+,23-,24?/m1/s1. The summed E-state index contributed by atoms with van der Waals surface area (Å²) in [6.45, 7) is -0.397. The van der Waals surface area contributed by atoms with Gasteiger partial charge in [0.2, 0.25) is 5.79 Å². The summed E-state index contributed by atoms with van der Waals surface area (Å²) in [5, 5.41) is 43.7. The zero-order valence-electron chi connectivity index (χ0n) is 16.6. The Kier molecular flexibility index (Phi) is 5.27. The zero-order valence-corrected chi connectivity index (χ0v) is 17.4. The SMILES string of the molecule is OC[C@H]1OC2(OCc3cc(Cl)c(Cc4ccc5ccccc5c4)cc32)[C@H](O)[C@@H](O)[C@@H]1O. The van der Waals surface area contributed by atoms with E-state index in [-0.39, 0.29) is 6.61 Å². The molecule has 0 amide bonds. The van der Waals surface area contributed by atoms with E-state index in [2.05, 4.69) is 24.3 Å². The Labute approximate surface area is 184 Å². The first-order valence-corrected chi connectivity index (χ1v) is 10.6. The number of halogens is 1. The van der Waals surface area contributed by atoms with Gasteiger partial charge in [-0.2, -0.15) is 0 Å². The Bertz CT molecular complexity index is 1130. The molecule has 0 saturated carbocycles. The molecule has 0 bridgehead atoms. The Morgan fingerprint density at radius 1 is 0.968 bits per heavy atom. The highest BCUT2D eigenvalue weighted by molar-refractivity contribution is 6.31. The van der Waals surface area contributed by atoms with Gasteiger partial charge in [-0.05, 0) is 46.0 Å². The van der Waals surface area contributed by atoms with E-state index in [1.165, 1.54) is 0 Å². The largest absolute Gasteiger partial charge is 0.394 e. The minimum atomic E-state index is -1.68. The molecule has 1 fully saturated rings. The second kappa shape index (κ2) is 7.83. The number of hydrogen-bond acceptors (Lipinski definition) is 6. The van der Waals surface area contributed by atoms with Crippen molar-refractivity contribution in [3.05, 3.63) is 81.9 Å². The molecule has 1 saturated heterocycles. The van der Waals surface area contributed by atoms with Gasteiger partial charge in [0.05, 0.1) is 13.2 Å². The van der Waals surface area contributed by atoms with E-state index in [1.54, 1.807) is 6.07 Å².